The molecule has 0 radical (unpaired) electrons. The van der Waals surface area contributed by atoms with Gasteiger partial charge in [-0.2, -0.15) is 0 Å². The number of carbonyl (C=O) groups excluding carboxylic acids is 1. The van der Waals surface area contributed by atoms with Crippen LogP contribution < -0.4 is 4.74 Å². The molecule has 3 aliphatic heterocycles. The summed E-state index contributed by atoms with van der Waals surface area (Å²) in [4.78, 5) is 12.9. The van der Waals surface area contributed by atoms with Crippen molar-refractivity contribution in [1.82, 2.24) is 0 Å². The Hall–Kier alpha value is -3.27. The highest BCUT2D eigenvalue weighted by Crippen LogP contribution is 2.31. The first-order chi connectivity index (χ1) is 24.9. The van der Waals surface area contributed by atoms with Crippen LogP contribution in [0.1, 0.15) is 18.1 Å². The Morgan fingerprint density at radius 1 is 0.788 bits per heavy atom. The molecule has 3 fully saturated rings. The zero-order valence-corrected chi connectivity index (χ0v) is 28.4. The van der Waals surface area contributed by atoms with Gasteiger partial charge in [0.2, 0.25) is 0 Å². The number of carbonyl (C=O) groups is 1. The van der Waals surface area contributed by atoms with Gasteiger partial charge in [-0.25, -0.2) is 4.79 Å². The van der Waals surface area contributed by atoms with Crippen molar-refractivity contribution in [3.8, 4) is 11.5 Å². The molecule has 2 aromatic carbocycles. The summed E-state index contributed by atoms with van der Waals surface area (Å²) in [6.45, 7) is 0.660. The van der Waals surface area contributed by atoms with E-state index in [9.17, 15) is 45.6 Å². The van der Waals surface area contributed by atoms with E-state index in [1.54, 1.807) is 36.4 Å². The summed E-state index contributed by atoms with van der Waals surface area (Å²) in [6, 6.07) is 13.2. The van der Waals surface area contributed by atoms with Crippen LogP contribution in [0.3, 0.4) is 0 Å². The molecule has 3 saturated heterocycles. The summed E-state index contributed by atoms with van der Waals surface area (Å²) >= 11 is 0. The van der Waals surface area contributed by atoms with E-state index < -0.39 is 105 Å². The molecule has 0 aromatic heterocycles. The van der Waals surface area contributed by atoms with Gasteiger partial charge in [-0.05, 0) is 54.8 Å². The van der Waals surface area contributed by atoms with E-state index in [2.05, 4.69) is 0 Å². The van der Waals surface area contributed by atoms with Crippen LogP contribution in [0.25, 0.3) is 6.08 Å². The number of aliphatic hydroxyl groups excluding tert-OH is 7. The van der Waals surface area contributed by atoms with Crippen molar-refractivity contribution in [1.29, 1.82) is 0 Å². The second kappa shape index (κ2) is 18.2. The molecule has 288 valence electrons. The molecule has 0 aliphatic carbocycles. The molecule has 2 aromatic rings. The highest BCUT2D eigenvalue weighted by molar-refractivity contribution is 5.87. The number of phenolic OH excluding ortho intramolecular Hbond substituents is 1. The average molecular weight is 739 g/mol. The molecule has 14 atom stereocenters. The quantitative estimate of drug-likeness (QED) is 0.0846. The van der Waals surface area contributed by atoms with E-state index in [0.717, 1.165) is 11.6 Å². The van der Waals surface area contributed by atoms with Crippen LogP contribution in [-0.4, -0.2) is 160 Å². The Bertz CT molecular complexity index is 1440. The zero-order valence-electron chi connectivity index (χ0n) is 28.4. The molecular formula is C35H46O17. The van der Waals surface area contributed by atoms with Crippen LogP contribution in [0, 0.1) is 0 Å². The highest BCUT2D eigenvalue weighted by Gasteiger charge is 2.51. The summed E-state index contributed by atoms with van der Waals surface area (Å²) in [7, 11) is 1.52. The number of phenols is 1. The maximum Gasteiger partial charge on any atom is 0.331 e. The second-order valence-corrected chi connectivity index (χ2v) is 12.7. The van der Waals surface area contributed by atoms with Gasteiger partial charge in [0, 0.05) is 6.08 Å². The lowest BCUT2D eigenvalue weighted by Crippen LogP contribution is -2.64. The Labute approximate surface area is 299 Å². The zero-order chi connectivity index (χ0) is 37.5. The fourth-order valence-electron chi connectivity index (χ4n) is 5.89. The normalized spacial score (nSPS) is 36.8. The standard InChI is InChI=1S/C35H46O17/c1-17-31(51-24(38)12-7-18-5-10-21(45-2)11-6-18)32(52-34-28(42)25(39)22(37)15-47-34)30(44)35(49-17)48-16-23-26(40)27(41)29(43)33(50-23)46-14-13-19-3-8-20(36)9-4-19/h3-12,17,22-23,25-37,39-44H,13-16H2,1-2H3. The van der Waals surface area contributed by atoms with Gasteiger partial charge in [0.1, 0.15) is 66.4 Å². The van der Waals surface area contributed by atoms with Gasteiger partial charge in [-0.15, -0.1) is 0 Å². The smallest absolute Gasteiger partial charge is 0.331 e. The summed E-state index contributed by atoms with van der Waals surface area (Å²) in [6.07, 6.45) is -18.0. The lowest BCUT2D eigenvalue weighted by atomic mass is 9.98. The van der Waals surface area contributed by atoms with Gasteiger partial charge in [-0.1, -0.05) is 24.3 Å². The second-order valence-electron chi connectivity index (χ2n) is 12.7. The van der Waals surface area contributed by atoms with Gasteiger partial charge < -0.3 is 78.7 Å². The van der Waals surface area contributed by atoms with Gasteiger partial charge in [0.05, 0.1) is 33.0 Å². The van der Waals surface area contributed by atoms with Gasteiger partial charge in [0.25, 0.3) is 0 Å². The first-order valence-corrected chi connectivity index (χ1v) is 16.7. The van der Waals surface area contributed by atoms with Crippen molar-refractivity contribution >= 4 is 12.0 Å². The molecule has 17 heteroatoms. The van der Waals surface area contributed by atoms with Crippen LogP contribution >= 0.6 is 0 Å². The topological polar surface area (TPSA) is 253 Å². The number of aromatic hydroxyl groups is 1. The average Bonchev–Trinajstić information content (AvgIpc) is 3.14. The van der Waals surface area contributed by atoms with E-state index in [0.29, 0.717) is 17.7 Å². The van der Waals surface area contributed by atoms with Gasteiger partial charge in [-0.3, -0.25) is 0 Å². The summed E-state index contributed by atoms with van der Waals surface area (Å²) < 4.78 is 45.0. The summed E-state index contributed by atoms with van der Waals surface area (Å²) in [5.41, 5.74) is 1.49. The maximum absolute atomic E-state index is 12.9. The van der Waals surface area contributed by atoms with Crippen LogP contribution in [0.5, 0.6) is 11.5 Å². The third kappa shape index (κ3) is 9.83. The minimum atomic E-state index is -1.75. The SMILES string of the molecule is COc1ccc(C=CC(=O)OC2C(C)OC(OCC3OC(OCCc4ccc(O)cc4)C(O)C(O)C3O)C(O)C2OC2OCC(O)C(O)C2O)cc1. The van der Waals surface area contributed by atoms with E-state index in [1.165, 1.54) is 32.2 Å². The molecular weight excluding hydrogens is 692 g/mol. The van der Waals surface area contributed by atoms with Crippen LogP contribution in [0.15, 0.2) is 54.6 Å². The van der Waals surface area contributed by atoms with Crippen molar-refractivity contribution in [3.05, 3.63) is 65.7 Å². The largest absolute Gasteiger partial charge is 0.508 e. The summed E-state index contributed by atoms with van der Waals surface area (Å²) in [5.74, 6) is -0.111. The molecule has 52 heavy (non-hydrogen) atoms. The van der Waals surface area contributed by atoms with E-state index >= 15 is 0 Å². The molecule has 14 unspecified atom stereocenters. The summed E-state index contributed by atoms with van der Waals surface area (Å²) in [5, 5.41) is 83.2. The predicted octanol–water partition coefficient (Wildman–Crippen LogP) is -1.66. The van der Waals surface area contributed by atoms with Crippen molar-refractivity contribution in [2.24, 2.45) is 0 Å². The lowest BCUT2D eigenvalue weighted by molar-refractivity contribution is -0.354. The number of ether oxygens (including phenoxy) is 8. The number of benzene rings is 2. The van der Waals surface area contributed by atoms with Crippen LogP contribution in [-0.2, 0) is 44.4 Å². The van der Waals surface area contributed by atoms with Crippen molar-refractivity contribution in [3.63, 3.8) is 0 Å². The molecule has 3 heterocycles. The fourth-order valence-corrected chi connectivity index (χ4v) is 5.89. The Kier molecular flexibility index (Phi) is 14.0. The monoisotopic (exact) mass is 738 g/mol. The third-order valence-electron chi connectivity index (χ3n) is 8.98. The molecule has 8 N–H and O–H groups in total. The highest BCUT2D eigenvalue weighted by atomic mass is 16.7. The molecule has 17 nitrogen and oxygen atoms in total. The lowest BCUT2D eigenvalue weighted by Gasteiger charge is -2.46. The number of aliphatic hydroxyl groups is 7. The van der Waals surface area contributed by atoms with Gasteiger partial charge in [0.15, 0.2) is 25.0 Å². The van der Waals surface area contributed by atoms with E-state index in [1.807, 2.05) is 0 Å². The van der Waals surface area contributed by atoms with Crippen LogP contribution in [0.4, 0.5) is 0 Å². The Morgan fingerprint density at radius 2 is 1.46 bits per heavy atom. The minimum Gasteiger partial charge on any atom is -0.508 e. The molecule has 0 spiro atoms. The molecule has 0 saturated carbocycles. The van der Waals surface area contributed by atoms with Crippen molar-refractivity contribution in [2.45, 2.75) is 99.4 Å². The Balaban J connectivity index is 1.24. The van der Waals surface area contributed by atoms with E-state index in [-0.39, 0.29) is 12.4 Å². The Morgan fingerprint density at radius 3 is 2.15 bits per heavy atom. The molecule has 0 bridgehead atoms. The number of hydrogen-bond acceptors (Lipinski definition) is 17. The minimum absolute atomic E-state index is 0.0556. The van der Waals surface area contributed by atoms with Crippen molar-refractivity contribution < 1.29 is 83.5 Å². The predicted molar refractivity (Wildman–Crippen MR) is 175 cm³/mol. The first-order valence-electron chi connectivity index (χ1n) is 16.7. The number of hydrogen-bond donors (Lipinski definition) is 8. The number of rotatable bonds is 13. The van der Waals surface area contributed by atoms with Crippen molar-refractivity contribution in [2.75, 3.05) is 26.9 Å². The molecule has 0 amide bonds. The first kappa shape index (κ1) is 39.9. The number of methoxy groups -OCH3 is 1. The van der Waals surface area contributed by atoms with Crippen LogP contribution in [0.2, 0.25) is 0 Å². The third-order valence-corrected chi connectivity index (χ3v) is 8.98. The fraction of sp³-hybridized carbons (Fsp3) is 0.571. The maximum atomic E-state index is 12.9. The van der Waals surface area contributed by atoms with Gasteiger partial charge >= 0.3 is 5.97 Å². The van der Waals surface area contributed by atoms with E-state index in [4.69, 9.17) is 37.9 Å². The number of esters is 1. The molecule has 3 aliphatic rings. The molecule has 5 rings (SSSR count).